The Balaban J connectivity index is 1.80. The molecule has 27 heavy (non-hydrogen) atoms. The monoisotopic (exact) mass is 370 g/mol. The van der Waals surface area contributed by atoms with Crippen molar-refractivity contribution in [2.24, 2.45) is 5.92 Å². The van der Waals surface area contributed by atoms with Gasteiger partial charge in [0.1, 0.15) is 11.2 Å². The second-order valence-corrected chi connectivity index (χ2v) is 7.77. The topological polar surface area (TPSA) is 68.3 Å². The molecule has 1 saturated carbocycles. The molecule has 5 heteroatoms. The summed E-state index contributed by atoms with van der Waals surface area (Å²) in [5.41, 5.74) is 0.831. The van der Waals surface area contributed by atoms with E-state index >= 15 is 0 Å². The summed E-state index contributed by atoms with van der Waals surface area (Å²) in [6.45, 7) is 0. The van der Waals surface area contributed by atoms with Gasteiger partial charge in [-0.15, -0.1) is 0 Å². The first-order chi connectivity index (χ1) is 13.1. The predicted octanol–water partition coefficient (Wildman–Crippen LogP) is 4.19. The molecule has 2 aliphatic carbocycles. The number of nitrogens with zero attached hydrogens (tertiary/aromatic N) is 1. The summed E-state index contributed by atoms with van der Waals surface area (Å²) < 4.78 is 5.12. The number of aromatic nitrogens is 1. The quantitative estimate of drug-likeness (QED) is 0.637. The number of carbonyl (C=O) groups is 2. The molecule has 0 unspecified atom stereocenters. The number of hydrogen-bond acceptors (Lipinski definition) is 4. The highest BCUT2D eigenvalue weighted by molar-refractivity contribution is 5.96. The normalized spacial score (nSPS) is 28.2. The third-order valence-electron chi connectivity index (χ3n) is 5.93. The fourth-order valence-electron chi connectivity index (χ4n) is 4.50. The van der Waals surface area contributed by atoms with Gasteiger partial charge >= 0.3 is 5.97 Å². The van der Waals surface area contributed by atoms with Gasteiger partial charge in [0.25, 0.3) is 5.91 Å². The molecule has 2 aliphatic rings. The van der Waals surface area contributed by atoms with Crippen LogP contribution >= 0.6 is 0 Å². The van der Waals surface area contributed by atoms with Crippen LogP contribution in [0.2, 0.25) is 0 Å². The van der Waals surface area contributed by atoms with E-state index in [4.69, 9.17) is 4.74 Å². The number of esters is 1. The number of hydrogen-bond donors (Lipinski definition) is 1. The van der Waals surface area contributed by atoms with Crippen molar-refractivity contribution < 1.29 is 14.3 Å². The molecule has 0 aliphatic heterocycles. The zero-order chi connectivity index (χ0) is 19.1. The van der Waals surface area contributed by atoms with Crippen molar-refractivity contribution >= 4 is 11.9 Å². The van der Waals surface area contributed by atoms with Crippen LogP contribution < -0.4 is 5.32 Å². The van der Waals surface area contributed by atoms with Crippen molar-refractivity contribution in [1.82, 2.24) is 10.3 Å². The second kappa shape index (κ2) is 9.16. The standard InChI is InChI=1S/C22H30N2O3/c1-27-21(26)22(24-20(25)19-13-7-8-15-23-19)14-9-12-18(16-22)17-10-5-3-2-4-6-11-17/h7-8,10,13,15,18H,2-6,9,11-12,14,16H2,1H3,(H,24,25)/b17-10+/t18-,22+/m0/s1. The highest BCUT2D eigenvalue weighted by Gasteiger charge is 2.46. The van der Waals surface area contributed by atoms with Gasteiger partial charge in [-0.2, -0.15) is 0 Å². The van der Waals surface area contributed by atoms with E-state index in [1.54, 1.807) is 24.4 Å². The third kappa shape index (κ3) is 4.76. The number of carbonyl (C=O) groups excluding carboxylic acids is 2. The Morgan fingerprint density at radius 3 is 2.81 bits per heavy atom. The number of nitrogens with one attached hydrogen (secondary N) is 1. The summed E-state index contributed by atoms with van der Waals surface area (Å²) in [5, 5.41) is 2.99. The van der Waals surface area contributed by atoms with Crippen molar-refractivity contribution in [3.05, 3.63) is 41.7 Å². The van der Waals surface area contributed by atoms with Crippen LogP contribution in [0.3, 0.4) is 0 Å². The summed E-state index contributed by atoms with van der Waals surface area (Å²) in [6.07, 6.45) is 14.5. The molecule has 2 atom stereocenters. The zero-order valence-corrected chi connectivity index (χ0v) is 16.2. The van der Waals surface area contributed by atoms with Crippen LogP contribution in [0, 0.1) is 5.92 Å². The molecule has 3 rings (SSSR count). The van der Waals surface area contributed by atoms with Gasteiger partial charge in [0.2, 0.25) is 0 Å². The van der Waals surface area contributed by atoms with E-state index in [2.05, 4.69) is 16.4 Å². The average molecular weight is 370 g/mol. The summed E-state index contributed by atoms with van der Waals surface area (Å²) >= 11 is 0. The molecule has 0 radical (unpaired) electrons. The van der Waals surface area contributed by atoms with Gasteiger partial charge in [-0.05, 0) is 69.4 Å². The smallest absolute Gasteiger partial charge is 0.331 e. The second-order valence-electron chi connectivity index (χ2n) is 7.77. The van der Waals surface area contributed by atoms with Gasteiger partial charge in [-0.1, -0.05) is 30.6 Å². The van der Waals surface area contributed by atoms with Crippen molar-refractivity contribution in [2.45, 2.75) is 69.7 Å². The lowest BCUT2D eigenvalue weighted by Gasteiger charge is -2.40. The van der Waals surface area contributed by atoms with E-state index in [0.29, 0.717) is 24.5 Å². The Hall–Kier alpha value is -2.17. The number of rotatable bonds is 4. The molecular weight excluding hydrogens is 340 g/mol. The van der Waals surface area contributed by atoms with E-state index in [1.807, 2.05) is 0 Å². The maximum absolute atomic E-state index is 12.7. The van der Waals surface area contributed by atoms with Crippen LogP contribution in [0.1, 0.15) is 74.7 Å². The zero-order valence-electron chi connectivity index (χ0n) is 16.2. The predicted molar refractivity (Wildman–Crippen MR) is 104 cm³/mol. The molecule has 146 valence electrons. The first-order valence-corrected chi connectivity index (χ1v) is 10.2. The van der Waals surface area contributed by atoms with Crippen LogP contribution in [-0.2, 0) is 9.53 Å². The molecule has 1 aromatic rings. The van der Waals surface area contributed by atoms with Gasteiger partial charge in [0.15, 0.2) is 0 Å². The maximum atomic E-state index is 12.7. The number of allylic oxidation sites excluding steroid dienone is 2. The number of pyridine rings is 1. The third-order valence-corrected chi connectivity index (χ3v) is 5.93. The minimum atomic E-state index is -0.963. The summed E-state index contributed by atoms with van der Waals surface area (Å²) in [6, 6.07) is 5.21. The van der Waals surface area contributed by atoms with Crippen molar-refractivity contribution in [3.63, 3.8) is 0 Å². The van der Waals surface area contributed by atoms with E-state index in [1.165, 1.54) is 38.4 Å². The van der Waals surface area contributed by atoms with E-state index in [9.17, 15) is 9.59 Å². The molecule has 1 aromatic heterocycles. The van der Waals surface area contributed by atoms with E-state index < -0.39 is 5.54 Å². The number of ether oxygens (including phenoxy) is 1. The molecule has 5 nitrogen and oxygen atoms in total. The molecule has 0 bridgehead atoms. The van der Waals surface area contributed by atoms with Crippen LogP contribution in [0.4, 0.5) is 0 Å². The van der Waals surface area contributed by atoms with Gasteiger partial charge < -0.3 is 10.1 Å². The van der Waals surface area contributed by atoms with E-state index in [-0.39, 0.29) is 11.9 Å². The Bertz CT molecular complexity index is 686. The lowest BCUT2D eigenvalue weighted by Crippen LogP contribution is -2.57. The van der Waals surface area contributed by atoms with Gasteiger partial charge in [0, 0.05) is 6.20 Å². The molecule has 0 spiro atoms. The molecule has 0 aromatic carbocycles. The largest absolute Gasteiger partial charge is 0.467 e. The van der Waals surface area contributed by atoms with Gasteiger partial charge in [-0.3, -0.25) is 9.78 Å². The Morgan fingerprint density at radius 1 is 1.19 bits per heavy atom. The Labute approximate surface area is 161 Å². The average Bonchev–Trinajstić information content (AvgIpc) is 2.68. The molecule has 1 N–H and O–H groups in total. The molecule has 1 amide bonds. The molecule has 1 fully saturated rings. The maximum Gasteiger partial charge on any atom is 0.331 e. The summed E-state index contributed by atoms with van der Waals surface area (Å²) in [7, 11) is 1.40. The van der Waals surface area contributed by atoms with Crippen molar-refractivity contribution in [1.29, 1.82) is 0 Å². The van der Waals surface area contributed by atoms with Crippen LogP contribution in [0.15, 0.2) is 36.0 Å². The highest BCUT2D eigenvalue weighted by atomic mass is 16.5. The Morgan fingerprint density at radius 2 is 2.04 bits per heavy atom. The van der Waals surface area contributed by atoms with Gasteiger partial charge in [-0.25, -0.2) is 4.79 Å². The first kappa shape index (κ1) is 19.6. The molecule has 0 saturated heterocycles. The fourth-order valence-corrected chi connectivity index (χ4v) is 4.50. The fraction of sp³-hybridized carbons (Fsp3) is 0.591. The first-order valence-electron chi connectivity index (χ1n) is 10.2. The summed E-state index contributed by atoms with van der Waals surface area (Å²) in [5.74, 6) is -0.323. The Kier molecular flexibility index (Phi) is 6.64. The van der Waals surface area contributed by atoms with Crippen LogP contribution in [0.5, 0.6) is 0 Å². The van der Waals surface area contributed by atoms with Crippen molar-refractivity contribution in [3.8, 4) is 0 Å². The minimum Gasteiger partial charge on any atom is -0.467 e. The molecule has 1 heterocycles. The van der Waals surface area contributed by atoms with Crippen LogP contribution in [-0.4, -0.2) is 29.5 Å². The molecular formula is C22H30N2O3. The SMILES string of the molecule is COC(=O)[C@@]1(NC(=O)c2ccccn2)CCC[C@H](/C2=C/CCCCCC2)C1. The lowest BCUT2D eigenvalue weighted by molar-refractivity contribution is -0.150. The van der Waals surface area contributed by atoms with E-state index in [0.717, 1.165) is 25.7 Å². The van der Waals surface area contributed by atoms with Crippen molar-refractivity contribution in [2.75, 3.05) is 7.11 Å². The van der Waals surface area contributed by atoms with Crippen LogP contribution in [0.25, 0.3) is 0 Å². The van der Waals surface area contributed by atoms with Gasteiger partial charge in [0.05, 0.1) is 7.11 Å². The number of amides is 1. The number of methoxy groups -OCH3 is 1. The summed E-state index contributed by atoms with van der Waals surface area (Å²) in [4.78, 5) is 29.6. The highest BCUT2D eigenvalue weighted by Crippen LogP contribution is 2.39. The minimum absolute atomic E-state index is 0.312. The lowest BCUT2D eigenvalue weighted by atomic mass is 9.71.